The van der Waals surface area contributed by atoms with Gasteiger partial charge in [0.1, 0.15) is 0 Å². The lowest BCUT2D eigenvalue weighted by Crippen LogP contribution is -2.47. The van der Waals surface area contributed by atoms with Crippen molar-refractivity contribution < 1.29 is 0 Å². The third kappa shape index (κ3) is 6.13. The molecule has 0 N–H and O–H groups in total. The van der Waals surface area contributed by atoms with Crippen molar-refractivity contribution in [3.8, 4) is 0 Å². The van der Waals surface area contributed by atoms with Crippen LogP contribution in [-0.2, 0) is 6.42 Å². The fourth-order valence-electron chi connectivity index (χ4n) is 10.0. The molecule has 3 unspecified atom stereocenters. The van der Waals surface area contributed by atoms with Crippen LogP contribution < -0.4 is 10.4 Å². The zero-order valence-electron chi connectivity index (χ0n) is 31.8. The molecule has 4 aliphatic carbocycles. The standard InChI is InChI=1S/C55H47N/c1-5-21-39(22-6-1)43(40-23-7-2-8-24-40)37-38-46-44-29-13-15-31-47(44)53(48-32-16-14-30-45(46)48)54-49-33-17-19-35-51(49)55(52-36-20-18-34-50(52)54)56(41-25-9-3-10-26-41)42-27-11-4-12-28-42/h1-3,5-11,13-25,27-36,41,43,49,51H,4,12,26,37-38H2. The second-order valence-electron chi connectivity index (χ2n) is 15.6. The average molecular weight is 722 g/mol. The number of rotatable bonds is 9. The molecule has 0 aliphatic heterocycles. The highest BCUT2D eigenvalue weighted by molar-refractivity contribution is 6.12. The molecule has 10 rings (SSSR count). The summed E-state index contributed by atoms with van der Waals surface area (Å²) < 4.78 is 0. The smallest absolute Gasteiger partial charge is 0.0557 e. The van der Waals surface area contributed by atoms with E-state index in [2.05, 4.69) is 205 Å². The molecule has 0 radical (unpaired) electrons. The minimum Gasteiger partial charge on any atom is -0.337 e. The van der Waals surface area contributed by atoms with E-state index in [4.69, 9.17) is 0 Å². The van der Waals surface area contributed by atoms with Gasteiger partial charge in [0.05, 0.1) is 6.04 Å². The zero-order chi connectivity index (χ0) is 37.3. The van der Waals surface area contributed by atoms with Crippen molar-refractivity contribution in [1.82, 2.24) is 4.90 Å². The van der Waals surface area contributed by atoms with Crippen molar-refractivity contribution in [1.29, 1.82) is 0 Å². The lowest BCUT2D eigenvalue weighted by Gasteiger charge is -2.43. The number of allylic oxidation sites excluding steroid dienone is 8. The molecule has 4 aliphatic rings. The minimum absolute atomic E-state index is 0.182. The van der Waals surface area contributed by atoms with E-state index in [1.165, 1.54) is 71.2 Å². The topological polar surface area (TPSA) is 3.24 Å². The molecule has 6 aromatic rings. The molecular formula is C55H47N. The molecule has 56 heavy (non-hydrogen) atoms. The number of benzene rings is 6. The zero-order valence-corrected chi connectivity index (χ0v) is 31.8. The van der Waals surface area contributed by atoms with Gasteiger partial charge in [-0.3, -0.25) is 0 Å². The number of hydrogen-bond donors (Lipinski definition) is 0. The summed E-state index contributed by atoms with van der Waals surface area (Å²) in [6, 6.07) is 50.2. The van der Waals surface area contributed by atoms with E-state index in [1.54, 1.807) is 0 Å². The average Bonchev–Trinajstić information content (AvgIpc) is 3.28. The second-order valence-corrected chi connectivity index (χ2v) is 15.6. The third-order valence-electron chi connectivity index (χ3n) is 12.5. The van der Waals surface area contributed by atoms with Gasteiger partial charge in [-0.1, -0.05) is 194 Å². The van der Waals surface area contributed by atoms with Crippen LogP contribution in [0.1, 0.15) is 53.9 Å². The predicted molar refractivity (Wildman–Crippen MR) is 236 cm³/mol. The van der Waals surface area contributed by atoms with E-state index in [0.29, 0.717) is 5.92 Å². The van der Waals surface area contributed by atoms with Gasteiger partial charge < -0.3 is 4.90 Å². The van der Waals surface area contributed by atoms with Crippen molar-refractivity contribution >= 4 is 32.8 Å². The van der Waals surface area contributed by atoms with E-state index in [1.807, 2.05) is 0 Å². The molecule has 0 bridgehead atoms. The van der Waals surface area contributed by atoms with E-state index >= 15 is 0 Å². The molecule has 0 heterocycles. The van der Waals surface area contributed by atoms with E-state index < -0.39 is 0 Å². The lowest BCUT2D eigenvalue weighted by atomic mass is 9.71. The Morgan fingerprint density at radius 1 is 0.536 bits per heavy atom. The lowest BCUT2D eigenvalue weighted by molar-refractivity contribution is 0.383. The molecule has 6 aromatic carbocycles. The molecule has 0 amide bonds. The summed E-state index contributed by atoms with van der Waals surface area (Å²) in [7, 11) is 0. The first-order chi connectivity index (χ1) is 27.8. The van der Waals surface area contributed by atoms with Crippen LogP contribution >= 0.6 is 0 Å². The van der Waals surface area contributed by atoms with Gasteiger partial charge in [-0.25, -0.2) is 0 Å². The van der Waals surface area contributed by atoms with Gasteiger partial charge in [0, 0.05) is 34.4 Å². The number of fused-ring (bicyclic) bond motifs is 4. The maximum absolute atomic E-state index is 2.68. The van der Waals surface area contributed by atoms with Crippen LogP contribution in [0.25, 0.3) is 32.8 Å². The van der Waals surface area contributed by atoms with Gasteiger partial charge in [-0.2, -0.15) is 0 Å². The molecule has 0 fully saturated rings. The van der Waals surface area contributed by atoms with Gasteiger partial charge in [-0.05, 0) is 92.8 Å². The normalized spacial score (nSPS) is 19.7. The van der Waals surface area contributed by atoms with Gasteiger partial charge in [0.15, 0.2) is 0 Å². The summed E-state index contributed by atoms with van der Waals surface area (Å²) in [6.07, 6.45) is 31.0. The number of hydrogen-bond acceptors (Lipinski definition) is 1. The Balaban J connectivity index is 1.21. The Morgan fingerprint density at radius 2 is 1.12 bits per heavy atom. The Bertz CT molecular complexity index is 2640. The third-order valence-corrected chi connectivity index (χ3v) is 12.5. The molecular weight excluding hydrogens is 675 g/mol. The summed E-state index contributed by atoms with van der Waals surface area (Å²) in [5.41, 5.74) is 9.75. The fraction of sp³-hybridized carbons (Fsp3) is 0.164. The molecule has 3 atom stereocenters. The molecule has 1 heteroatoms. The first kappa shape index (κ1) is 34.3. The summed E-state index contributed by atoms with van der Waals surface area (Å²) in [4.78, 5) is 2.68. The van der Waals surface area contributed by atoms with Crippen LogP contribution in [0, 0.1) is 11.8 Å². The molecule has 0 saturated heterocycles. The van der Waals surface area contributed by atoms with Crippen molar-refractivity contribution in [3.05, 3.63) is 239 Å². The van der Waals surface area contributed by atoms with Gasteiger partial charge in [0.2, 0.25) is 0 Å². The van der Waals surface area contributed by atoms with Crippen LogP contribution in [0.15, 0.2) is 206 Å². The van der Waals surface area contributed by atoms with Gasteiger partial charge >= 0.3 is 0 Å². The quantitative estimate of drug-likeness (QED) is 0.134. The van der Waals surface area contributed by atoms with Crippen LogP contribution in [0.4, 0.5) is 0 Å². The summed E-state index contributed by atoms with van der Waals surface area (Å²) >= 11 is 0. The van der Waals surface area contributed by atoms with Crippen molar-refractivity contribution in [3.63, 3.8) is 0 Å². The Labute approximate surface area is 331 Å². The minimum atomic E-state index is 0.182. The van der Waals surface area contributed by atoms with Crippen molar-refractivity contribution in [2.75, 3.05) is 0 Å². The highest BCUT2D eigenvalue weighted by atomic mass is 15.2. The predicted octanol–water partition coefficient (Wildman–Crippen LogP) is 11.9. The second kappa shape index (κ2) is 15.2. The Hall–Kier alpha value is -6.18. The molecule has 0 saturated carbocycles. The van der Waals surface area contributed by atoms with E-state index in [0.717, 1.165) is 32.1 Å². The van der Waals surface area contributed by atoms with E-state index in [-0.39, 0.29) is 17.9 Å². The monoisotopic (exact) mass is 721 g/mol. The first-order valence-corrected chi connectivity index (χ1v) is 20.6. The molecule has 0 spiro atoms. The van der Waals surface area contributed by atoms with Gasteiger partial charge in [0.25, 0.3) is 0 Å². The van der Waals surface area contributed by atoms with Crippen molar-refractivity contribution in [2.45, 2.75) is 44.1 Å². The largest absolute Gasteiger partial charge is 0.337 e. The first-order valence-electron chi connectivity index (χ1n) is 20.6. The van der Waals surface area contributed by atoms with E-state index in [9.17, 15) is 0 Å². The summed E-state index contributed by atoms with van der Waals surface area (Å²) in [5.74, 6) is 0.687. The molecule has 1 nitrogen and oxygen atoms in total. The summed E-state index contributed by atoms with van der Waals surface area (Å²) in [6.45, 7) is 0. The van der Waals surface area contributed by atoms with Crippen LogP contribution in [0.2, 0.25) is 0 Å². The molecule has 0 aromatic heterocycles. The maximum atomic E-state index is 2.68. The van der Waals surface area contributed by atoms with Crippen LogP contribution in [0.5, 0.6) is 0 Å². The highest BCUT2D eigenvalue weighted by Crippen LogP contribution is 2.46. The number of aryl methyl sites for hydroxylation is 1. The van der Waals surface area contributed by atoms with Gasteiger partial charge in [-0.15, -0.1) is 0 Å². The Morgan fingerprint density at radius 3 is 1.75 bits per heavy atom. The maximum Gasteiger partial charge on any atom is 0.0557 e. The summed E-state index contributed by atoms with van der Waals surface area (Å²) in [5, 5.41) is 8.12. The SMILES string of the molecule is C1=CCC(N(C2=CCCC=C2)C2=c3ccccc3=C(c3c4ccccc4c(CCC(c4ccccc4)c4ccccc4)c4ccccc34)C3C=CC=CC23)C=C1. The fourth-order valence-corrected chi connectivity index (χ4v) is 10.0. The van der Waals surface area contributed by atoms with Crippen molar-refractivity contribution in [2.24, 2.45) is 11.8 Å². The van der Waals surface area contributed by atoms with Crippen LogP contribution in [0.3, 0.4) is 0 Å². The number of nitrogens with zero attached hydrogens (tertiary/aromatic N) is 1. The van der Waals surface area contributed by atoms with Crippen LogP contribution in [-0.4, -0.2) is 10.9 Å². The highest BCUT2D eigenvalue weighted by Gasteiger charge is 2.37. The molecule has 272 valence electrons. The Kier molecular flexibility index (Phi) is 9.29.